The molecule has 2 atom stereocenters. The van der Waals surface area contributed by atoms with Crippen LogP contribution in [0.1, 0.15) is 44.4 Å². The minimum Gasteiger partial charge on any atom is -0.339 e. The molecule has 0 amide bonds. The van der Waals surface area contributed by atoms with E-state index < -0.39 is 0 Å². The maximum atomic E-state index is 5.48. The van der Waals surface area contributed by atoms with E-state index in [0.717, 1.165) is 30.8 Å². The van der Waals surface area contributed by atoms with Crippen molar-refractivity contribution in [3.05, 3.63) is 30.4 Å². The van der Waals surface area contributed by atoms with Crippen molar-refractivity contribution in [2.45, 2.75) is 44.6 Å². The van der Waals surface area contributed by atoms with E-state index in [-0.39, 0.29) is 0 Å². The van der Waals surface area contributed by atoms with Crippen LogP contribution in [0, 0.1) is 0 Å². The number of pyridine rings is 1. The Morgan fingerprint density at radius 3 is 3.15 bits per heavy atom. The zero-order valence-electron chi connectivity index (χ0n) is 11.7. The number of rotatable bonds is 5. The fraction of sp³-hybridized carbons (Fsp3) is 0.533. The average molecular weight is 272 g/mol. The van der Waals surface area contributed by atoms with Crippen molar-refractivity contribution in [1.82, 2.24) is 20.4 Å². The molecule has 0 bridgehead atoms. The summed E-state index contributed by atoms with van der Waals surface area (Å²) in [6, 6.07) is 4.30. The van der Waals surface area contributed by atoms with Crippen molar-refractivity contribution in [1.29, 1.82) is 0 Å². The van der Waals surface area contributed by atoms with Crippen LogP contribution in [0.5, 0.6) is 0 Å². The second-order valence-electron chi connectivity index (χ2n) is 5.30. The summed E-state index contributed by atoms with van der Waals surface area (Å²) in [5.74, 6) is 1.74. The molecule has 0 aromatic carbocycles. The fourth-order valence-corrected chi connectivity index (χ4v) is 2.83. The molecule has 1 saturated carbocycles. The molecule has 1 N–H and O–H groups in total. The highest BCUT2D eigenvalue weighted by Crippen LogP contribution is 2.34. The molecule has 1 aliphatic rings. The Morgan fingerprint density at radius 1 is 1.40 bits per heavy atom. The lowest BCUT2D eigenvalue weighted by Crippen LogP contribution is -2.31. The van der Waals surface area contributed by atoms with Gasteiger partial charge in [0.25, 0.3) is 0 Å². The summed E-state index contributed by atoms with van der Waals surface area (Å²) in [7, 11) is 0. The molecule has 2 unspecified atom stereocenters. The van der Waals surface area contributed by atoms with Crippen LogP contribution in [0.25, 0.3) is 11.4 Å². The van der Waals surface area contributed by atoms with Gasteiger partial charge in [-0.3, -0.25) is 4.98 Å². The van der Waals surface area contributed by atoms with Crippen molar-refractivity contribution in [3.63, 3.8) is 0 Å². The number of hydrogen-bond acceptors (Lipinski definition) is 5. The molecule has 0 saturated heterocycles. The van der Waals surface area contributed by atoms with Crippen LogP contribution >= 0.6 is 0 Å². The van der Waals surface area contributed by atoms with Gasteiger partial charge < -0.3 is 9.84 Å². The van der Waals surface area contributed by atoms with Crippen LogP contribution in [-0.2, 0) is 0 Å². The molecule has 5 heteroatoms. The van der Waals surface area contributed by atoms with Gasteiger partial charge in [0.1, 0.15) is 0 Å². The molecular weight excluding hydrogens is 252 g/mol. The van der Waals surface area contributed by atoms with Crippen LogP contribution in [0.3, 0.4) is 0 Å². The molecule has 2 aromatic rings. The summed E-state index contributed by atoms with van der Waals surface area (Å²) in [6.07, 6.45) is 8.18. The maximum absolute atomic E-state index is 5.48. The summed E-state index contributed by atoms with van der Waals surface area (Å²) >= 11 is 0. The van der Waals surface area contributed by atoms with Crippen molar-refractivity contribution in [3.8, 4) is 11.4 Å². The normalized spacial score (nSPS) is 22.2. The van der Waals surface area contributed by atoms with E-state index >= 15 is 0 Å². The van der Waals surface area contributed by atoms with Crippen LogP contribution in [0.2, 0.25) is 0 Å². The van der Waals surface area contributed by atoms with Crippen molar-refractivity contribution >= 4 is 0 Å². The average Bonchev–Trinajstić information content (AvgIpc) is 3.14. The van der Waals surface area contributed by atoms with Crippen LogP contribution in [0.4, 0.5) is 0 Å². The molecule has 0 spiro atoms. The third kappa shape index (κ3) is 2.72. The lowest BCUT2D eigenvalue weighted by Gasteiger charge is -2.17. The quantitative estimate of drug-likeness (QED) is 0.906. The van der Waals surface area contributed by atoms with Gasteiger partial charge in [-0.25, -0.2) is 0 Å². The van der Waals surface area contributed by atoms with Gasteiger partial charge in [-0.15, -0.1) is 0 Å². The molecular formula is C15H20N4O. The predicted molar refractivity (Wildman–Crippen MR) is 76.2 cm³/mol. The number of nitrogens with one attached hydrogen (secondary N) is 1. The van der Waals surface area contributed by atoms with Gasteiger partial charge in [0.2, 0.25) is 11.7 Å². The molecule has 20 heavy (non-hydrogen) atoms. The number of nitrogens with zero attached hydrogens (tertiary/aromatic N) is 3. The lowest BCUT2D eigenvalue weighted by atomic mass is 10.0. The molecule has 2 heterocycles. The maximum Gasteiger partial charge on any atom is 0.231 e. The summed E-state index contributed by atoms with van der Waals surface area (Å²) in [5.41, 5.74) is 0.901. The Morgan fingerprint density at radius 2 is 2.35 bits per heavy atom. The van der Waals surface area contributed by atoms with Crippen LogP contribution < -0.4 is 5.32 Å². The Kier molecular flexibility index (Phi) is 4.06. The second-order valence-corrected chi connectivity index (χ2v) is 5.30. The lowest BCUT2D eigenvalue weighted by molar-refractivity contribution is 0.330. The molecule has 0 aliphatic heterocycles. The van der Waals surface area contributed by atoms with E-state index in [1.54, 1.807) is 12.4 Å². The minimum atomic E-state index is 0.347. The first-order valence-electron chi connectivity index (χ1n) is 7.36. The monoisotopic (exact) mass is 272 g/mol. The van der Waals surface area contributed by atoms with E-state index in [1.165, 1.54) is 12.8 Å². The van der Waals surface area contributed by atoms with Crippen LogP contribution in [-0.4, -0.2) is 27.7 Å². The number of hydrogen-bond donors (Lipinski definition) is 1. The summed E-state index contributed by atoms with van der Waals surface area (Å²) in [6.45, 7) is 3.23. The highest BCUT2D eigenvalue weighted by atomic mass is 16.5. The highest BCUT2D eigenvalue weighted by molar-refractivity contribution is 5.51. The highest BCUT2D eigenvalue weighted by Gasteiger charge is 2.32. The van der Waals surface area contributed by atoms with E-state index in [4.69, 9.17) is 4.52 Å². The zero-order valence-corrected chi connectivity index (χ0v) is 11.7. The van der Waals surface area contributed by atoms with Crippen molar-refractivity contribution in [2.24, 2.45) is 0 Å². The molecule has 5 nitrogen and oxygen atoms in total. The van der Waals surface area contributed by atoms with Gasteiger partial charge in [-0.1, -0.05) is 18.5 Å². The molecule has 106 valence electrons. The van der Waals surface area contributed by atoms with E-state index in [2.05, 4.69) is 27.4 Å². The largest absolute Gasteiger partial charge is 0.339 e. The Balaban J connectivity index is 1.76. The second kappa shape index (κ2) is 6.13. The van der Waals surface area contributed by atoms with E-state index in [9.17, 15) is 0 Å². The first-order valence-corrected chi connectivity index (χ1v) is 7.36. The van der Waals surface area contributed by atoms with Gasteiger partial charge in [0, 0.05) is 24.0 Å². The van der Waals surface area contributed by atoms with Gasteiger partial charge in [-0.05, 0) is 37.9 Å². The predicted octanol–water partition coefficient (Wildman–Crippen LogP) is 2.77. The Labute approximate surface area is 118 Å². The Bertz CT molecular complexity index is 540. The molecule has 2 aromatic heterocycles. The van der Waals surface area contributed by atoms with Gasteiger partial charge in [0.15, 0.2) is 0 Å². The summed E-state index contributed by atoms with van der Waals surface area (Å²) in [4.78, 5) is 8.65. The van der Waals surface area contributed by atoms with Gasteiger partial charge in [0.05, 0.1) is 5.92 Å². The SMILES string of the molecule is CCCNC1CCCC1c1nc(-c2cccnc2)no1. The molecule has 1 fully saturated rings. The first kappa shape index (κ1) is 13.2. The minimum absolute atomic E-state index is 0.347. The third-order valence-electron chi connectivity index (χ3n) is 3.85. The van der Waals surface area contributed by atoms with Crippen molar-refractivity contribution in [2.75, 3.05) is 6.54 Å². The topological polar surface area (TPSA) is 63.8 Å². The Hall–Kier alpha value is -1.75. The molecule has 0 radical (unpaired) electrons. The molecule has 1 aliphatic carbocycles. The van der Waals surface area contributed by atoms with Gasteiger partial charge >= 0.3 is 0 Å². The fourth-order valence-electron chi connectivity index (χ4n) is 2.83. The van der Waals surface area contributed by atoms with E-state index in [1.807, 2.05) is 12.1 Å². The molecule has 3 rings (SSSR count). The smallest absolute Gasteiger partial charge is 0.231 e. The van der Waals surface area contributed by atoms with Crippen LogP contribution in [0.15, 0.2) is 29.0 Å². The summed E-state index contributed by atoms with van der Waals surface area (Å²) in [5, 5.41) is 7.68. The third-order valence-corrected chi connectivity index (χ3v) is 3.85. The van der Waals surface area contributed by atoms with E-state index in [0.29, 0.717) is 17.8 Å². The van der Waals surface area contributed by atoms with Gasteiger partial charge in [-0.2, -0.15) is 4.98 Å². The zero-order chi connectivity index (χ0) is 13.8. The standard InChI is InChI=1S/C15H20N4O/c1-2-8-17-13-7-3-6-12(13)15-18-14(19-20-15)11-5-4-9-16-10-11/h4-5,9-10,12-13,17H,2-3,6-8H2,1H3. The number of aromatic nitrogens is 3. The summed E-state index contributed by atoms with van der Waals surface area (Å²) < 4.78 is 5.48. The first-order chi connectivity index (χ1) is 9.88. The van der Waals surface area contributed by atoms with Crippen molar-refractivity contribution < 1.29 is 4.52 Å².